The van der Waals surface area contributed by atoms with Crippen molar-refractivity contribution in [1.82, 2.24) is 4.98 Å². The van der Waals surface area contributed by atoms with Crippen molar-refractivity contribution in [2.75, 3.05) is 0 Å². The van der Waals surface area contributed by atoms with Crippen molar-refractivity contribution < 1.29 is 9.50 Å². The number of hydrogen-bond donors (Lipinski definition) is 1. The zero-order valence-electron chi connectivity index (χ0n) is 7.08. The van der Waals surface area contributed by atoms with Crippen molar-refractivity contribution in [2.24, 2.45) is 0 Å². The number of fused-ring (bicyclic) bond motifs is 1. The molecule has 2 rings (SSSR count). The van der Waals surface area contributed by atoms with Gasteiger partial charge < -0.3 is 5.11 Å². The van der Waals surface area contributed by atoms with E-state index >= 15 is 0 Å². The number of pyridine rings is 1. The Morgan fingerprint density at radius 1 is 1.46 bits per heavy atom. The summed E-state index contributed by atoms with van der Waals surface area (Å²) in [5.74, 6) is -0.995. The minimum absolute atomic E-state index is 0.319. The Bertz CT molecular complexity index is 468. The lowest BCUT2D eigenvalue weighted by molar-refractivity contribution is 0.437. The molecule has 1 aromatic heterocycles. The molecule has 0 fully saturated rings. The molecule has 0 aliphatic rings. The maximum absolute atomic E-state index is 13.0. The Kier molecular flexibility index (Phi) is 1.65. The van der Waals surface area contributed by atoms with E-state index in [1.165, 1.54) is 12.3 Å². The minimum atomic E-state index is -0.622. The van der Waals surface area contributed by atoms with E-state index < -0.39 is 5.82 Å². The molecule has 0 aliphatic carbocycles. The third-order valence-corrected chi connectivity index (χ3v) is 2.03. The summed E-state index contributed by atoms with van der Waals surface area (Å²) in [5.41, 5.74) is 1.10. The van der Waals surface area contributed by atoms with Gasteiger partial charge in [0.05, 0.1) is 0 Å². The molecule has 0 aliphatic heterocycles. The highest BCUT2D eigenvalue weighted by atomic mass is 18.2. The molecule has 0 saturated carbocycles. The normalized spacial score (nSPS) is 10.6. The zero-order valence-corrected chi connectivity index (χ0v) is 7.08. The molecular weight excluding hydrogens is 168 g/mol. The van der Waals surface area contributed by atoms with Crippen LogP contribution in [0.3, 0.4) is 0 Å². The molecule has 0 spiro atoms. The Balaban J connectivity index is 2.97. The molecule has 2 nitrogen and oxygen atoms in total. The first-order valence-electron chi connectivity index (χ1n) is 3.93. The van der Waals surface area contributed by atoms with Crippen molar-refractivity contribution in [3.63, 3.8) is 0 Å². The number of nitrogens with zero attached hydrogens (tertiary/aromatic N) is 1. The lowest BCUT2D eigenvalue weighted by Gasteiger charge is -2.03. The van der Waals surface area contributed by atoms with Crippen LogP contribution in [0, 0.1) is 12.7 Å². The van der Waals surface area contributed by atoms with E-state index in [1.807, 2.05) is 0 Å². The van der Waals surface area contributed by atoms with Crippen LogP contribution in [-0.2, 0) is 0 Å². The van der Waals surface area contributed by atoms with Crippen molar-refractivity contribution in [1.29, 1.82) is 0 Å². The van der Waals surface area contributed by atoms with Crippen molar-refractivity contribution in [3.05, 3.63) is 35.8 Å². The van der Waals surface area contributed by atoms with Gasteiger partial charge in [0.15, 0.2) is 11.6 Å². The average molecular weight is 176 g/mol. The number of aromatic nitrogens is 1. The van der Waals surface area contributed by atoms with Gasteiger partial charge in [-0.05, 0) is 24.6 Å². The lowest BCUT2D eigenvalue weighted by atomic mass is 10.1. The fourth-order valence-electron chi connectivity index (χ4n) is 1.36. The first-order chi connectivity index (χ1) is 6.20. The molecule has 0 radical (unpaired) electrons. The van der Waals surface area contributed by atoms with Crippen molar-refractivity contribution in [2.45, 2.75) is 6.92 Å². The summed E-state index contributed by atoms with van der Waals surface area (Å²) in [5, 5.41) is 10.1. The summed E-state index contributed by atoms with van der Waals surface area (Å²) in [6, 6.07) is 4.86. The number of aromatic hydroxyl groups is 1. The molecule has 3 heteroatoms. The van der Waals surface area contributed by atoms with Gasteiger partial charge in [0.1, 0.15) is 5.52 Å². The van der Waals surface area contributed by atoms with E-state index in [4.69, 9.17) is 0 Å². The van der Waals surface area contributed by atoms with E-state index in [-0.39, 0.29) is 5.75 Å². The summed E-state index contributed by atoms with van der Waals surface area (Å²) in [4.78, 5) is 3.91. The van der Waals surface area contributed by atoms with Gasteiger partial charge in [-0.3, -0.25) is 4.98 Å². The molecule has 66 valence electrons. The molecule has 0 unspecified atom stereocenters. The van der Waals surface area contributed by atoms with Crippen LogP contribution in [0.15, 0.2) is 24.4 Å². The van der Waals surface area contributed by atoms with Gasteiger partial charge in [0.2, 0.25) is 0 Å². The first kappa shape index (κ1) is 7.98. The van der Waals surface area contributed by atoms with Gasteiger partial charge in [-0.1, -0.05) is 6.07 Å². The third kappa shape index (κ3) is 1.13. The molecule has 1 aromatic carbocycles. The predicted molar refractivity (Wildman–Crippen MR) is 48.1 cm³/mol. The van der Waals surface area contributed by atoms with E-state index in [0.717, 1.165) is 10.9 Å². The summed E-state index contributed by atoms with van der Waals surface area (Å²) < 4.78 is 13.0. The molecule has 0 bridgehead atoms. The lowest BCUT2D eigenvalue weighted by Crippen LogP contribution is -1.86. The van der Waals surface area contributed by atoms with Crippen molar-refractivity contribution in [3.8, 4) is 5.75 Å². The number of rotatable bonds is 0. The van der Waals surface area contributed by atoms with Crippen LogP contribution in [0.25, 0.3) is 10.9 Å². The maximum atomic E-state index is 13.0. The maximum Gasteiger partial charge on any atom is 0.178 e. The summed E-state index contributed by atoms with van der Waals surface area (Å²) >= 11 is 0. The molecule has 0 atom stereocenters. The highest BCUT2D eigenvalue weighted by Gasteiger charge is 2.08. The second-order valence-electron chi connectivity index (χ2n) is 2.92. The van der Waals surface area contributed by atoms with E-state index in [1.54, 1.807) is 19.1 Å². The van der Waals surface area contributed by atoms with E-state index in [9.17, 15) is 9.50 Å². The predicted octanol–water partition coefficient (Wildman–Crippen LogP) is 2.39. The quantitative estimate of drug-likeness (QED) is 0.668. The van der Waals surface area contributed by atoms with Gasteiger partial charge in [0, 0.05) is 11.6 Å². The second kappa shape index (κ2) is 2.69. The highest BCUT2D eigenvalue weighted by Crippen LogP contribution is 2.27. The van der Waals surface area contributed by atoms with E-state index in [0.29, 0.717) is 5.52 Å². The van der Waals surface area contributed by atoms with E-state index in [2.05, 4.69) is 4.98 Å². The molecule has 0 saturated heterocycles. The molecule has 13 heavy (non-hydrogen) atoms. The Morgan fingerprint density at radius 2 is 2.23 bits per heavy atom. The molecular formula is C10H8FNO. The number of halogens is 1. The van der Waals surface area contributed by atoms with Gasteiger partial charge in [-0.15, -0.1) is 0 Å². The second-order valence-corrected chi connectivity index (χ2v) is 2.92. The number of benzene rings is 1. The van der Waals surface area contributed by atoms with Crippen LogP contribution >= 0.6 is 0 Å². The van der Waals surface area contributed by atoms with Crippen LogP contribution in [0.5, 0.6) is 5.75 Å². The highest BCUT2D eigenvalue weighted by molar-refractivity contribution is 5.87. The topological polar surface area (TPSA) is 33.1 Å². The average Bonchev–Trinajstić information content (AvgIpc) is 2.15. The third-order valence-electron chi connectivity index (χ3n) is 2.03. The van der Waals surface area contributed by atoms with Crippen LogP contribution in [-0.4, -0.2) is 10.1 Å². The largest absolute Gasteiger partial charge is 0.503 e. The van der Waals surface area contributed by atoms with Crippen LogP contribution in [0.2, 0.25) is 0 Å². The molecule has 1 heterocycles. The smallest absolute Gasteiger partial charge is 0.178 e. The summed E-state index contributed by atoms with van der Waals surface area (Å²) in [6.07, 6.45) is 1.53. The first-order valence-corrected chi connectivity index (χ1v) is 3.93. The molecule has 2 aromatic rings. The van der Waals surface area contributed by atoms with Crippen LogP contribution in [0.4, 0.5) is 4.39 Å². The Hall–Kier alpha value is -1.64. The summed E-state index contributed by atoms with van der Waals surface area (Å²) in [6.45, 7) is 1.78. The molecule has 1 N–H and O–H groups in total. The summed E-state index contributed by atoms with van der Waals surface area (Å²) in [7, 11) is 0. The monoisotopic (exact) mass is 176 g/mol. The minimum Gasteiger partial charge on any atom is -0.503 e. The fourth-order valence-corrected chi connectivity index (χ4v) is 1.36. The Labute approximate surface area is 74.7 Å². The van der Waals surface area contributed by atoms with Gasteiger partial charge in [-0.2, -0.15) is 0 Å². The fraction of sp³-hybridized carbons (Fsp3) is 0.100. The van der Waals surface area contributed by atoms with Crippen molar-refractivity contribution >= 4 is 10.9 Å². The number of phenolic OH excluding ortho intramolecular Hbond substituents is 1. The van der Waals surface area contributed by atoms with Gasteiger partial charge in [0.25, 0.3) is 0 Å². The van der Waals surface area contributed by atoms with Crippen LogP contribution < -0.4 is 0 Å². The zero-order chi connectivity index (χ0) is 9.42. The van der Waals surface area contributed by atoms with Gasteiger partial charge in [-0.25, -0.2) is 4.39 Å². The van der Waals surface area contributed by atoms with Gasteiger partial charge >= 0.3 is 0 Å². The number of aryl methyl sites for hydroxylation is 1. The molecule has 0 amide bonds. The number of hydrogen-bond acceptors (Lipinski definition) is 2. The number of phenols is 1. The Morgan fingerprint density at radius 3 is 3.00 bits per heavy atom. The van der Waals surface area contributed by atoms with Crippen LogP contribution in [0.1, 0.15) is 5.56 Å². The standard InChI is InChI=1S/C10H8FNO/c1-6-5-8(11)10(13)9-7(6)3-2-4-12-9/h2-5,13H,1H3/i11-1. The SMILES string of the molecule is Cc1cc([18F])c(O)c2ncccc12.